The Morgan fingerprint density at radius 1 is 1.24 bits per heavy atom. The first-order chi connectivity index (χ1) is 17.6. The minimum Gasteiger partial charge on any atom is -0.396 e. The van der Waals surface area contributed by atoms with Gasteiger partial charge in [0, 0.05) is 15.1 Å². The average Bonchev–Trinajstić information content (AvgIpc) is 3.28. The quantitative estimate of drug-likeness (QED) is 0.204. The molecule has 0 unspecified atom stereocenters. The summed E-state index contributed by atoms with van der Waals surface area (Å²) >= 11 is 12.8. The van der Waals surface area contributed by atoms with Crippen LogP contribution in [0.2, 0.25) is 5.02 Å². The summed E-state index contributed by atoms with van der Waals surface area (Å²) in [7, 11) is 0. The summed E-state index contributed by atoms with van der Waals surface area (Å²) in [6.45, 7) is 4.46. The number of hydrogen-bond donors (Lipinski definition) is 2. The van der Waals surface area contributed by atoms with Crippen molar-refractivity contribution in [3.05, 3.63) is 67.4 Å². The molecule has 2 amide bonds. The Labute approximate surface area is 232 Å². The highest BCUT2D eigenvalue weighted by molar-refractivity contribution is 9.11. The van der Waals surface area contributed by atoms with Crippen molar-refractivity contribution in [1.29, 1.82) is 0 Å². The maximum atomic E-state index is 13.4. The molecule has 3 aromatic rings. The maximum absolute atomic E-state index is 13.4. The van der Waals surface area contributed by atoms with E-state index in [9.17, 15) is 18.4 Å². The van der Waals surface area contributed by atoms with Crippen LogP contribution in [0.5, 0.6) is 0 Å². The minimum atomic E-state index is -2.94. The fourth-order valence-corrected chi connectivity index (χ4v) is 4.46. The molecule has 1 aromatic carbocycles. The van der Waals surface area contributed by atoms with Gasteiger partial charge in [-0.05, 0) is 52.2 Å². The van der Waals surface area contributed by atoms with Crippen LogP contribution in [-0.4, -0.2) is 45.9 Å². The minimum absolute atomic E-state index is 0.00646. The Kier molecular flexibility index (Phi) is 10.1. The van der Waals surface area contributed by atoms with Crippen molar-refractivity contribution >= 4 is 67.2 Å². The van der Waals surface area contributed by atoms with Gasteiger partial charge in [0.05, 0.1) is 29.0 Å². The number of carbonyl (C=O) groups is 2. The van der Waals surface area contributed by atoms with E-state index in [1.165, 1.54) is 24.5 Å². The highest BCUT2D eigenvalue weighted by atomic mass is 79.9. The van der Waals surface area contributed by atoms with E-state index in [-0.39, 0.29) is 34.3 Å². The normalized spacial score (nSPS) is 11.4. The lowest BCUT2D eigenvalue weighted by Crippen LogP contribution is -2.27. The zero-order chi connectivity index (χ0) is 27.1. The summed E-state index contributed by atoms with van der Waals surface area (Å²) in [5.74, 6) is -1.05. The van der Waals surface area contributed by atoms with Crippen LogP contribution in [0, 0.1) is 5.92 Å². The highest BCUT2D eigenvalue weighted by Gasteiger charge is 2.25. The third-order valence-electron chi connectivity index (χ3n) is 4.57. The zero-order valence-corrected chi connectivity index (χ0v) is 23.4. The number of rotatable bonds is 10. The molecule has 0 saturated carbocycles. The number of aromatic nitrogens is 3. The van der Waals surface area contributed by atoms with Gasteiger partial charge in [-0.2, -0.15) is 5.10 Å². The standard InChI is InChI=1S/C23H21Br2ClF2N6O3/c1-12(2)11-37-31-7-6-30-22(35)14-8-13(24)9-15(25)19(14)32-23(36)18-10-17(20(27)28)33-34(18)21-16(26)4-3-5-29-21/h3-5,7-10,12,20H,6,11H2,1-2H3,(H,30,35)(H,32,36)/b31-7+. The zero-order valence-electron chi connectivity index (χ0n) is 19.5. The lowest BCUT2D eigenvalue weighted by Gasteiger charge is -2.14. The van der Waals surface area contributed by atoms with Crippen molar-refractivity contribution in [2.45, 2.75) is 20.3 Å². The summed E-state index contributed by atoms with van der Waals surface area (Å²) in [6, 6.07) is 7.09. The number of nitrogens with one attached hydrogen (secondary N) is 2. The van der Waals surface area contributed by atoms with E-state index in [1.807, 2.05) is 13.8 Å². The molecule has 196 valence electrons. The Morgan fingerprint density at radius 2 is 2.00 bits per heavy atom. The van der Waals surface area contributed by atoms with Crippen molar-refractivity contribution in [3.8, 4) is 5.82 Å². The van der Waals surface area contributed by atoms with Crippen LogP contribution < -0.4 is 10.6 Å². The molecule has 2 heterocycles. The first kappa shape index (κ1) is 28.7. The molecular weight excluding hydrogens is 642 g/mol. The van der Waals surface area contributed by atoms with Gasteiger partial charge < -0.3 is 15.5 Å². The number of benzene rings is 1. The topological polar surface area (TPSA) is 110 Å². The van der Waals surface area contributed by atoms with Gasteiger partial charge in [0.1, 0.15) is 18.0 Å². The maximum Gasteiger partial charge on any atom is 0.282 e. The second-order valence-electron chi connectivity index (χ2n) is 7.93. The molecule has 2 aromatic heterocycles. The van der Waals surface area contributed by atoms with E-state index < -0.39 is 23.9 Å². The molecule has 0 radical (unpaired) electrons. The van der Waals surface area contributed by atoms with Crippen LogP contribution in [0.1, 0.15) is 46.8 Å². The Hall–Kier alpha value is -2.90. The van der Waals surface area contributed by atoms with Gasteiger partial charge in [-0.15, -0.1) is 0 Å². The lowest BCUT2D eigenvalue weighted by molar-refractivity contribution is 0.0958. The number of oxime groups is 1. The van der Waals surface area contributed by atoms with Crippen LogP contribution in [-0.2, 0) is 4.84 Å². The number of amides is 2. The second kappa shape index (κ2) is 13.1. The molecule has 0 spiro atoms. The van der Waals surface area contributed by atoms with Gasteiger partial charge in [0.25, 0.3) is 18.2 Å². The largest absolute Gasteiger partial charge is 0.396 e. The third-order valence-corrected chi connectivity index (χ3v) is 5.95. The number of carbonyl (C=O) groups excluding carboxylic acids is 2. The Morgan fingerprint density at radius 3 is 2.68 bits per heavy atom. The van der Waals surface area contributed by atoms with E-state index in [4.69, 9.17) is 16.4 Å². The van der Waals surface area contributed by atoms with E-state index in [2.05, 4.69) is 57.7 Å². The molecule has 2 N–H and O–H groups in total. The monoisotopic (exact) mass is 660 g/mol. The molecular formula is C23H21Br2ClF2N6O3. The Bertz CT molecular complexity index is 1320. The molecule has 37 heavy (non-hydrogen) atoms. The molecule has 9 nitrogen and oxygen atoms in total. The number of halogens is 5. The van der Waals surface area contributed by atoms with Gasteiger partial charge in [-0.1, -0.05) is 46.5 Å². The average molecular weight is 663 g/mol. The SMILES string of the molecule is CC(C)CO/N=C/CNC(=O)c1cc(Br)cc(Br)c1NC(=O)c1cc(C(F)F)nn1-c1ncccc1Cl. The summed E-state index contributed by atoms with van der Waals surface area (Å²) in [4.78, 5) is 35.3. The second-order valence-corrected chi connectivity index (χ2v) is 10.1. The van der Waals surface area contributed by atoms with Gasteiger partial charge >= 0.3 is 0 Å². The number of nitrogens with zero attached hydrogens (tertiary/aromatic N) is 4. The summed E-state index contributed by atoms with van der Waals surface area (Å²) < 4.78 is 28.7. The lowest BCUT2D eigenvalue weighted by atomic mass is 10.1. The molecule has 0 bridgehead atoms. The molecule has 0 saturated heterocycles. The van der Waals surface area contributed by atoms with Crippen molar-refractivity contribution in [1.82, 2.24) is 20.1 Å². The van der Waals surface area contributed by atoms with E-state index in [0.717, 1.165) is 10.7 Å². The van der Waals surface area contributed by atoms with Crippen molar-refractivity contribution in [2.24, 2.45) is 11.1 Å². The van der Waals surface area contributed by atoms with Crippen molar-refractivity contribution in [2.75, 3.05) is 18.5 Å². The predicted octanol–water partition coefficient (Wildman–Crippen LogP) is 6.02. The summed E-state index contributed by atoms with van der Waals surface area (Å²) in [6.07, 6.45) is -0.160. The third kappa shape index (κ3) is 7.55. The predicted molar refractivity (Wildman–Crippen MR) is 143 cm³/mol. The first-order valence-electron chi connectivity index (χ1n) is 10.8. The molecule has 0 fully saturated rings. The van der Waals surface area contributed by atoms with E-state index in [1.54, 1.807) is 12.1 Å². The van der Waals surface area contributed by atoms with Gasteiger partial charge in [-0.25, -0.2) is 18.4 Å². The smallest absolute Gasteiger partial charge is 0.282 e. The molecule has 0 aliphatic rings. The van der Waals surface area contributed by atoms with E-state index in [0.29, 0.717) is 21.5 Å². The molecule has 0 atom stereocenters. The number of pyridine rings is 1. The number of hydrogen-bond acceptors (Lipinski definition) is 6. The first-order valence-corrected chi connectivity index (χ1v) is 12.8. The van der Waals surface area contributed by atoms with Gasteiger partial charge in [0.15, 0.2) is 5.82 Å². The van der Waals surface area contributed by atoms with Crippen LogP contribution in [0.15, 0.2) is 50.6 Å². The summed E-state index contributed by atoms with van der Waals surface area (Å²) in [5, 5.41) is 12.9. The molecule has 3 rings (SSSR count). The van der Waals surface area contributed by atoms with Crippen LogP contribution in [0.25, 0.3) is 5.82 Å². The highest BCUT2D eigenvalue weighted by Crippen LogP contribution is 2.32. The molecule has 0 aliphatic heterocycles. The van der Waals surface area contributed by atoms with Gasteiger partial charge in [-0.3, -0.25) is 9.59 Å². The van der Waals surface area contributed by atoms with Crippen molar-refractivity contribution in [3.63, 3.8) is 0 Å². The Balaban J connectivity index is 1.89. The fourth-order valence-electron chi connectivity index (χ4n) is 2.94. The number of anilines is 1. The van der Waals surface area contributed by atoms with Crippen LogP contribution >= 0.6 is 43.5 Å². The van der Waals surface area contributed by atoms with Crippen LogP contribution in [0.4, 0.5) is 14.5 Å². The van der Waals surface area contributed by atoms with E-state index >= 15 is 0 Å². The fraction of sp³-hybridized carbons (Fsp3) is 0.261. The van der Waals surface area contributed by atoms with Crippen molar-refractivity contribution < 1.29 is 23.2 Å². The van der Waals surface area contributed by atoms with Gasteiger partial charge in [0.2, 0.25) is 0 Å². The number of alkyl halides is 2. The van der Waals surface area contributed by atoms with Crippen LogP contribution in [0.3, 0.4) is 0 Å². The summed E-state index contributed by atoms with van der Waals surface area (Å²) in [5.41, 5.74) is -0.690. The molecule has 0 aliphatic carbocycles. The molecule has 14 heteroatoms.